The van der Waals surface area contributed by atoms with Crippen molar-refractivity contribution in [1.29, 1.82) is 0 Å². The minimum atomic E-state index is 0.367. The molecule has 0 fully saturated rings. The fraction of sp³-hybridized carbons (Fsp3) is 0.0556. The van der Waals surface area contributed by atoms with E-state index in [2.05, 4.69) is 15.1 Å². The number of benzene rings is 2. The highest BCUT2D eigenvalue weighted by Gasteiger charge is 2.18. The van der Waals surface area contributed by atoms with E-state index in [1.165, 1.54) is 10.4 Å². The van der Waals surface area contributed by atoms with E-state index in [1.807, 2.05) is 61.5 Å². The molecule has 118 valence electrons. The quantitative estimate of drug-likeness (QED) is 0.554. The van der Waals surface area contributed by atoms with Gasteiger partial charge in [0.1, 0.15) is 11.5 Å². The summed E-state index contributed by atoms with van der Waals surface area (Å²) in [6.45, 7) is 2.03. The molecular formula is C18H16N6. The summed E-state index contributed by atoms with van der Waals surface area (Å²) in [5.74, 6) is 6.92. The lowest BCUT2D eigenvalue weighted by atomic mass is 10.1. The van der Waals surface area contributed by atoms with Gasteiger partial charge in [-0.15, -0.1) is 5.10 Å². The zero-order valence-electron chi connectivity index (χ0n) is 13.1. The van der Waals surface area contributed by atoms with E-state index in [1.54, 1.807) is 0 Å². The largest absolute Gasteiger partial charge is 0.383 e. The van der Waals surface area contributed by atoms with Crippen LogP contribution in [0.2, 0.25) is 0 Å². The van der Waals surface area contributed by atoms with Gasteiger partial charge in [0.25, 0.3) is 0 Å². The van der Waals surface area contributed by atoms with Gasteiger partial charge in [-0.05, 0) is 6.92 Å². The highest BCUT2D eigenvalue weighted by Crippen LogP contribution is 2.31. The van der Waals surface area contributed by atoms with E-state index in [0.717, 1.165) is 11.1 Å². The number of rotatable bonds is 2. The van der Waals surface area contributed by atoms with Crippen LogP contribution in [0, 0.1) is 6.92 Å². The smallest absolute Gasteiger partial charge is 0.186 e. The van der Waals surface area contributed by atoms with Crippen molar-refractivity contribution in [2.24, 2.45) is 0 Å². The van der Waals surface area contributed by atoms with Gasteiger partial charge in [0.15, 0.2) is 11.5 Å². The Hall–Kier alpha value is -3.41. The third-order valence-electron chi connectivity index (χ3n) is 3.94. The maximum atomic E-state index is 6.22. The minimum absolute atomic E-state index is 0.367. The number of nitrogens with zero attached hydrogens (tertiary/aromatic N) is 4. The predicted molar refractivity (Wildman–Crippen MR) is 95.5 cm³/mol. The molecule has 2 aromatic carbocycles. The molecule has 0 spiro atoms. The van der Waals surface area contributed by atoms with Gasteiger partial charge < -0.3 is 11.6 Å². The van der Waals surface area contributed by atoms with E-state index in [4.69, 9.17) is 11.6 Å². The predicted octanol–water partition coefficient (Wildman–Crippen LogP) is 2.76. The molecule has 0 atom stereocenters. The van der Waals surface area contributed by atoms with E-state index >= 15 is 0 Å². The van der Waals surface area contributed by atoms with Crippen LogP contribution < -0.4 is 11.6 Å². The second-order valence-corrected chi connectivity index (χ2v) is 5.66. The molecule has 4 aromatic rings. The van der Waals surface area contributed by atoms with Gasteiger partial charge in [0.05, 0.1) is 5.39 Å². The molecule has 0 unspecified atom stereocenters. The first-order chi connectivity index (χ1) is 11.6. The maximum absolute atomic E-state index is 6.22. The van der Waals surface area contributed by atoms with Gasteiger partial charge in [-0.3, -0.25) is 0 Å². The van der Waals surface area contributed by atoms with Crippen LogP contribution in [0.1, 0.15) is 5.56 Å². The van der Waals surface area contributed by atoms with E-state index < -0.39 is 0 Å². The first-order valence-electron chi connectivity index (χ1n) is 7.57. The number of nitrogen functional groups attached to an aromatic ring is 2. The van der Waals surface area contributed by atoms with Crippen LogP contribution in [0.3, 0.4) is 0 Å². The van der Waals surface area contributed by atoms with Crippen LogP contribution in [0.5, 0.6) is 0 Å². The van der Waals surface area contributed by atoms with Crippen molar-refractivity contribution in [2.75, 3.05) is 11.6 Å². The first-order valence-corrected chi connectivity index (χ1v) is 7.57. The Morgan fingerprint density at radius 2 is 1.58 bits per heavy atom. The minimum Gasteiger partial charge on any atom is -0.383 e. The summed E-state index contributed by atoms with van der Waals surface area (Å²) in [7, 11) is 0. The van der Waals surface area contributed by atoms with Gasteiger partial charge in [-0.2, -0.15) is 4.79 Å². The zero-order valence-corrected chi connectivity index (χ0v) is 13.1. The number of fused-ring (bicyclic) bond motifs is 1. The molecule has 6 nitrogen and oxygen atoms in total. The summed E-state index contributed by atoms with van der Waals surface area (Å²) < 4.78 is 0. The third kappa shape index (κ3) is 2.25. The normalized spacial score (nSPS) is 11.0. The van der Waals surface area contributed by atoms with Gasteiger partial charge in [-0.25, -0.2) is 9.97 Å². The molecule has 4 N–H and O–H groups in total. The number of hydrogen-bond acceptors (Lipinski definition) is 5. The summed E-state index contributed by atoms with van der Waals surface area (Å²) in [4.78, 5) is 10.3. The summed E-state index contributed by atoms with van der Waals surface area (Å²) >= 11 is 0. The lowest BCUT2D eigenvalue weighted by Gasteiger charge is -2.04. The Morgan fingerprint density at radius 3 is 2.29 bits per heavy atom. The average Bonchev–Trinajstić information content (AvgIpc) is 2.94. The number of hydrogen-bond donors (Lipinski definition) is 2. The van der Waals surface area contributed by atoms with Crippen LogP contribution in [-0.4, -0.2) is 19.9 Å². The lowest BCUT2D eigenvalue weighted by molar-refractivity contribution is 0.853. The van der Waals surface area contributed by atoms with Crippen LogP contribution >= 0.6 is 0 Å². The van der Waals surface area contributed by atoms with E-state index in [0.29, 0.717) is 28.4 Å². The van der Waals surface area contributed by atoms with Gasteiger partial charge >= 0.3 is 0 Å². The molecule has 0 bridgehead atoms. The molecule has 4 rings (SSSR count). The standard InChI is InChI=1S/C18H16N6/c1-11-7-9-12(10-8-11)15-14-16(19)21-17(13-5-3-2-4-6-13)22-18(14)24(20)23-15/h2-10H,20H2,1H3,(H2,19,21,22). The summed E-state index contributed by atoms with van der Waals surface area (Å²) in [6.07, 6.45) is 0. The highest BCUT2D eigenvalue weighted by molar-refractivity contribution is 5.99. The molecule has 6 heteroatoms. The number of nitrogens with two attached hydrogens (primary N) is 2. The topological polar surface area (TPSA) is 95.6 Å². The molecule has 0 aliphatic heterocycles. The molecule has 0 saturated heterocycles. The molecule has 2 heterocycles. The Labute approximate surface area is 138 Å². The number of anilines is 1. The van der Waals surface area contributed by atoms with Gasteiger partial charge in [0, 0.05) is 11.1 Å². The van der Waals surface area contributed by atoms with Crippen molar-refractivity contribution in [3.63, 3.8) is 0 Å². The molecular weight excluding hydrogens is 300 g/mol. The fourth-order valence-corrected chi connectivity index (χ4v) is 2.69. The molecule has 0 amide bonds. The number of aryl methyl sites for hydroxylation is 1. The Kier molecular flexibility index (Phi) is 3.16. The van der Waals surface area contributed by atoms with Gasteiger partial charge in [-0.1, -0.05) is 60.2 Å². The molecule has 0 aliphatic carbocycles. The summed E-state index contributed by atoms with van der Waals surface area (Å²) in [5, 5.41) is 5.06. The maximum Gasteiger partial charge on any atom is 0.186 e. The third-order valence-corrected chi connectivity index (χ3v) is 3.94. The van der Waals surface area contributed by atoms with Crippen molar-refractivity contribution in [3.8, 4) is 22.6 Å². The lowest BCUT2D eigenvalue weighted by Crippen LogP contribution is -2.11. The van der Waals surface area contributed by atoms with Crippen molar-refractivity contribution in [3.05, 3.63) is 60.2 Å². The first kappa shape index (κ1) is 14.2. The second-order valence-electron chi connectivity index (χ2n) is 5.66. The summed E-state index contributed by atoms with van der Waals surface area (Å²) in [6, 6.07) is 17.7. The Balaban J connectivity index is 1.95. The Morgan fingerprint density at radius 1 is 0.875 bits per heavy atom. The zero-order chi connectivity index (χ0) is 16.7. The second kappa shape index (κ2) is 5.34. The van der Waals surface area contributed by atoms with Crippen LogP contribution in [0.25, 0.3) is 33.7 Å². The Bertz CT molecular complexity index is 1020. The van der Waals surface area contributed by atoms with Gasteiger partial charge in [0.2, 0.25) is 0 Å². The number of aromatic nitrogens is 4. The van der Waals surface area contributed by atoms with E-state index in [9.17, 15) is 0 Å². The fourth-order valence-electron chi connectivity index (χ4n) is 2.69. The molecule has 0 aliphatic rings. The van der Waals surface area contributed by atoms with Crippen molar-refractivity contribution in [1.82, 2.24) is 19.9 Å². The van der Waals surface area contributed by atoms with Crippen molar-refractivity contribution >= 4 is 16.9 Å². The van der Waals surface area contributed by atoms with E-state index in [-0.39, 0.29) is 0 Å². The summed E-state index contributed by atoms with van der Waals surface area (Å²) in [5.41, 5.74) is 10.4. The highest BCUT2D eigenvalue weighted by atomic mass is 15.5. The van der Waals surface area contributed by atoms with Crippen LogP contribution in [0.15, 0.2) is 54.6 Å². The molecule has 0 radical (unpaired) electrons. The molecule has 0 saturated carbocycles. The molecule has 2 aromatic heterocycles. The SMILES string of the molecule is Cc1ccc(-c2nn(N)c3nc(-c4ccccc4)nc(N)c23)cc1. The van der Waals surface area contributed by atoms with Crippen LogP contribution in [0.4, 0.5) is 5.82 Å². The van der Waals surface area contributed by atoms with Crippen LogP contribution in [-0.2, 0) is 0 Å². The van der Waals surface area contributed by atoms with Crippen molar-refractivity contribution < 1.29 is 0 Å². The van der Waals surface area contributed by atoms with Crippen molar-refractivity contribution in [2.45, 2.75) is 6.92 Å². The molecule has 24 heavy (non-hydrogen) atoms. The average molecular weight is 316 g/mol. The monoisotopic (exact) mass is 316 g/mol.